The molecule has 2 unspecified atom stereocenters. The minimum atomic E-state index is -0.987. The Hall–Kier alpha value is -1.44. The van der Waals surface area contributed by atoms with Gasteiger partial charge in [-0.05, 0) is 11.8 Å². The number of imide groups is 1. The summed E-state index contributed by atoms with van der Waals surface area (Å²) in [6.07, 6.45) is 1.94. The largest absolute Gasteiger partial charge is 0.481 e. The smallest absolute Gasteiger partial charge is 0.321 e. The first-order valence-electron chi connectivity index (χ1n) is 6.65. The van der Waals surface area contributed by atoms with Crippen LogP contribution in [-0.4, -0.2) is 45.3 Å². The minimum absolute atomic E-state index is 0.0319. The van der Waals surface area contributed by atoms with Gasteiger partial charge in [-0.3, -0.25) is 19.1 Å². The topological polar surface area (TPSA) is 113 Å². The zero-order chi connectivity index (χ0) is 16.6. The van der Waals surface area contributed by atoms with Gasteiger partial charge in [-0.25, -0.2) is 4.79 Å². The number of hydrogen-bond donors (Lipinski definition) is 3. The molecule has 0 heterocycles. The van der Waals surface area contributed by atoms with E-state index in [1.807, 2.05) is 6.92 Å². The Kier molecular flexibility index (Phi) is 8.16. The summed E-state index contributed by atoms with van der Waals surface area (Å²) in [5.41, 5.74) is -0.718. The van der Waals surface area contributed by atoms with Gasteiger partial charge in [-0.1, -0.05) is 20.8 Å². The maximum Gasteiger partial charge on any atom is 0.321 e. The number of amides is 3. The highest BCUT2D eigenvalue weighted by Crippen LogP contribution is 2.24. The molecule has 0 rings (SSSR count). The van der Waals surface area contributed by atoms with Crippen molar-refractivity contribution in [3.63, 3.8) is 0 Å². The normalized spacial score (nSPS) is 14.1. The summed E-state index contributed by atoms with van der Waals surface area (Å²) in [5, 5.41) is 13.3. The monoisotopic (exact) mass is 320 g/mol. The molecule has 0 aromatic carbocycles. The van der Waals surface area contributed by atoms with Crippen LogP contribution in [0.15, 0.2) is 0 Å². The number of carboxylic acids is 1. The summed E-state index contributed by atoms with van der Waals surface area (Å²) in [6, 6.07) is -0.625. The minimum Gasteiger partial charge on any atom is -0.481 e. The first-order chi connectivity index (χ1) is 9.53. The van der Waals surface area contributed by atoms with Crippen LogP contribution in [0.2, 0.25) is 0 Å². The first-order valence-corrected chi connectivity index (χ1v) is 8.27. The van der Waals surface area contributed by atoms with E-state index in [0.717, 1.165) is 0 Å². The summed E-state index contributed by atoms with van der Waals surface area (Å²) >= 11 is 0. The van der Waals surface area contributed by atoms with Crippen LogP contribution in [0.4, 0.5) is 4.79 Å². The van der Waals surface area contributed by atoms with Gasteiger partial charge in [0.1, 0.15) is 0 Å². The Labute approximate surface area is 127 Å². The highest BCUT2D eigenvalue weighted by Gasteiger charge is 2.25. The fourth-order valence-electron chi connectivity index (χ4n) is 1.68. The van der Waals surface area contributed by atoms with Crippen molar-refractivity contribution in [2.75, 3.05) is 12.8 Å². The summed E-state index contributed by atoms with van der Waals surface area (Å²) in [6.45, 7) is 5.43. The SMILES string of the molecule is CC(CCNC(=O)NC(=O)CC(C)(C)CC(=O)O)S(C)=O. The van der Waals surface area contributed by atoms with E-state index in [2.05, 4.69) is 10.6 Å². The lowest BCUT2D eigenvalue weighted by molar-refractivity contribution is -0.139. The fourth-order valence-corrected chi connectivity index (χ4v) is 2.13. The van der Waals surface area contributed by atoms with E-state index >= 15 is 0 Å². The zero-order valence-corrected chi connectivity index (χ0v) is 13.7. The highest BCUT2D eigenvalue weighted by atomic mass is 32.2. The maximum atomic E-state index is 11.6. The van der Waals surface area contributed by atoms with E-state index in [0.29, 0.717) is 13.0 Å². The Morgan fingerprint density at radius 1 is 1.24 bits per heavy atom. The molecular formula is C13H24N2O5S. The number of urea groups is 1. The molecule has 0 aromatic heterocycles. The van der Waals surface area contributed by atoms with Crippen molar-refractivity contribution < 1.29 is 23.7 Å². The second-order valence-corrected chi connectivity index (χ2v) is 7.62. The van der Waals surface area contributed by atoms with E-state index in [-0.39, 0.29) is 18.1 Å². The molecule has 0 aliphatic carbocycles. The van der Waals surface area contributed by atoms with Crippen molar-refractivity contribution in [1.82, 2.24) is 10.6 Å². The van der Waals surface area contributed by atoms with Gasteiger partial charge in [-0.2, -0.15) is 0 Å². The van der Waals surface area contributed by atoms with Crippen LogP contribution in [0.25, 0.3) is 0 Å². The average molecular weight is 320 g/mol. The standard InChI is InChI=1S/C13H24N2O5S/c1-9(21(4)20)5-6-14-12(19)15-10(16)7-13(2,3)8-11(17)18/h9H,5-8H2,1-4H3,(H,17,18)(H2,14,15,16,19). The van der Waals surface area contributed by atoms with Gasteiger partial charge in [0.25, 0.3) is 0 Å². The van der Waals surface area contributed by atoms with Crippen molar-refractivity contribution in [2.45, 2.75) is 45.3 Å². The van der Waals surface area contributed by atoms with Crippen molar-refractivity contribution in [3.8, 4) is 0 Å². The molecule has 0 aromatic rings. The molecule has 3 N–H and O–H groups in total. The number of carboxylic acid groups (broad SMARTS) is 1. The third-order valence-electron chi connectivity index (χ3n) is 2.92. The third kappa shape index (κ3) is 10.0. The predicted molar refractivity (Wildman–Crippen MR) is 80.3 cm³/mol. The van der Waals surface area contributed by atoms with Crippen LogP contribution in [-0.2, 0) is 20.4 Å². The lowest BCUT2D eigenvalue weighted by Gasteiger charge is -2.21. The van der Waals surface area contributed by atoms with E-state index in [9.17, 15) is 18.6 Å². The van der Waals surface area contributed by atoms with Crippen LogP contribution >= 0.6 is 0 Å². The third-order valence-corrected chi connectivity index (χ3v) is 4.29. The van der Waals surface area contributed by atoms with Crippen LogP contribution in [0.1, 0.15) is 40.0 Å². The van der Waals surface area contributed by atoms with Crippen LogP contribution in [0.3, 0.4) is 0 Å². The predicted octanol–water partition coefficient (Wildman–Crippen LogP) is 0.860. The second-order valence-electron chi connectivity index (χ2n) is 5.81. The summed E-state index contributed by atoms with van der Waals surface area (Å²) < 4.78 is 11.1. The van der Waals surface area contributed by atoms with Gasteiger partial charge >= 0.3 is 12.0 Å². The second kappa shape index (κ2) is 8.76. The van der Waals surface area contributed by atoms with Crippen LogP contribution < -0.4 is 10.6 Å². The zero-order valence-electron chi connectivity index (χ0n) is 12.9. The molecule has 122 valence electrons. The van der Waals surface area contributed by atoms with Gasteiger partial charge in [-0.15, -0.1) is 0 Å². The van der Waals surface area contributed by atoms with Gasteiger partial charge < -0.3 is 10.4 Å². The lowest BCUT2D eigenvalue weighted by atomic mass is 9.85. The molecule has 0 saturated carbocycles. The molecule has 7 nitrogen and oxygen atoms in total. The molecular weight excluding hydrogens is 296 g/mol. The number of rotatable bonds is 8. The Balaban J connectivity index is 4.08. The average Bonchev–Trinajstić information content (AvgIpc) is 2.24. The maximum absolute atomic E-state index is 11.6. The van der Waals surface area contributed by atoms with Crippen molar-refractivity contribution in [2.24, 2.45) is 5.41 Å². The van der Waals surface area contributed by atoms with Gasteiger partial charge in [0.15, 0.2) is 0 Å². The molecule has 0 radical (unpaired) electrons. The van der Waals surface area contributed by atoms with Crippen molar-refractivity contribution in [1.29, 1.82) is 0 Å². The quantitative estimate of drug-likeness (QED) is 0.614. The van der Waals surface area contributed by atoms with Gasteiger partial charge in [0.05, 0.1) is 6.42 Å². The molecule has 0 fully saturated rings. The molecule has 0 aliphatic heterocycles. The number of carbonyl (C=O) groups excluding carboxylic acids is 2. The highest BCUT2D eigenvalue weighted by molar-refractivity contribution is 7.84. The number of hydrogen-bond acceptors (Lipinski definition) is 4. The molecule has 0 spiro atoms. The Bertz CT molecular complexity index is 423. The fraction of sp³-hybridized carbons (Fsp3) is 0.769. The number of nitrogens with one attached hydrogen (secondary N) is 2. The number of carbonyl (C=O) groups is 3. The van der Waals surface area contributed by atoms with Crippen molar-refractivity contribution >= 4 is 28.7 Å². The lowest BCUT2D eigenvalue weighted by Crippen LogP contribution is -2.42. The van der Waals surface area contributed by atoms with Crippen LogP contribution in [0, 0.1) is 5.41 Å². The molecule has 3 amide bonds. The van der Waals surface area contributed by atoms with Gasteiger partial charge in [0.2, 0.25) is 5.91 Å². The number of aliphatic carboxylic acids is 1. The Morgan fingerprint density at radius 2 is 1.81 bits per heavy atom. The van der Waals surface area contributed by atoms with E-state index < -0.39 is 34.1 Å². The summed E-state index contributed by atoms with van der Waals surface area (Å²) in [5.74, 6) is -1.51. The molecule has 0 saturated heterocycles. The molecule has 2 atom stereocenters. The van der Waals surface area contributed by atoms with Crippen molar-refractivity contribution in [3.05, 3.63) is 0 Å². The van der Waals surface area contributed by atoms with E-state index in [1.165, 1.54) is 0 Å². The first kappa shape index (κ1) is 19.6. The van der Waals surface area contributed by atoms with Gasteiger partial charge in [0, 0.05) is 35.3 Å². The molecule has 0 bridgehead atoms. The summed E-state index contributed by atoms with van der Waals surface area (Å²) in [4.78, 5) is 33.8. The molecule has 0 aliphatic rings. The van der Waals surface area contributed by atoms with Crippen LogP contribution in [0.5, 0.6) is 0 Å². The Morgan fingerprint density at radius 3 is 2.29 bits per heavy atom. The molecule has 8 heteroatoms. The molecule has 21 heavy (non-hydrogen) atoms. The van der Waals surface area contributed by atoms with E-state index in [4.69, 9.17) is 5.11 Å². The van der Waals surface area contributed by atoms with E-state index in [1.54, 1.807) is 20.1 Å². The summed E-state index contributed by atoms with van der Waals surface area (Å²) in [7, 11) is -0.949.